The summed E-state index contributed by atoms with van der Waals surface area (Å²) in [4.78, 5) is 17.2. The van der Waals surface area contributed by atoms with Crippen LogP contribution in [0.2, 0.25) is 0 Å². The third-order valence-electron chi connectivity index (χ3n) is 7.63. The molecule has 2 N–H and O–H groups in total. The van der Waals surface area contributed by atoms with E-state index < -0.39 is 6.10 Å². The van der Waals surface area contributed by atoms with E-state index in [1.807, 2.05) is 42.5 Å². The number of fused-ring (bicyclic) bond motifs is 1. The fourth-order valence-corrected chi connectivity index (χ4v) is 5.06. The number of aliphatic hydroxyl groups excluding tert-OH is 1. The molecule has 1 amide bonds. The number of unbranched alkanes of at least 4 members (excludes halogenated alkanes) is 9. The van der Waals surface area contributed by atoms with Crippen LogP contribution >= 0.6 is 0 Å². The minimum atomic E-state index is -0.467. The van der Waals surface area contributed by atoms with Crippen molar-refractivity contribution in [1.82, 2.24) is 4.98 Å². The summed E-state index contributed by atoms with van der Waals surface area (Å²) in [6, 6.07) is 12.9. The zero-order valence-electron chi connectivity index (χ0n) is 26.2. The summed E-state index contributed by atoms with van der Waals surface area (Å²) in [5.41, 5.74) is 1.98. The molecule has 1 heterocycles. The van der Waals surface area contributed by atoms with Crippen molar-refractivity contribution < 1.29 is 24.1 Å². The van der Waals surface area contributed by atoms with Crippen LogP contribution < -0.4 is 14.4 Å². The number of ether oxygens (including phenoxy) is 3. The van der Waals surface area contributed by atoms with Gasteiger partial charge in [-0.2, -0.15) is 5.11 Å². The Morgan fingerprint density at radius 2 is 1.53 bits per heavy atom. The molecule has 1 unspecified atom stereocenters. The van der Waals surface area contributed by atoms with Gasteiger partial charge < -0.3 is 24.3 Å². The number of anilines is 1. The highest BCUT2D eigenvalue weighted by molar-refractivity contribution is 6.01. The highest BCUT2D eigenvalue weighted by Gasteiger charge is 2.19. The average molecular weight is 595 g/mol. The zero-order valence-corrected chi connectivity index (χ0v) is 26.2. The van der Waals surface area contributed by atoms with Gasteiger partial charge in [0, 0.05) is 24.6 Å². The number of H-pyrrole nitrogens is 1. The Morgan fingerprint density at radius 3 is 2.19 bits per heavy atom. The van der Waals surface area contributed by atoms with E-state index in [9.17, 15) is 9.90 Å². The number of aromatic amines is 1. The van der Waals surface area contributed by atoms with Gasteiger partial charge in [0.15, 0.2) is 0 Å². The van der Waals surface area contributed by atoms with Gasteiger partial charge in [-0.15, -0.1) is 5.11 Å². The van der Waals surface area contributed by atoms with Crippen LogP contribution in [0.4, 0.5) is 17.2 Å². The predicted octanol–water partition coefficient (Wildman–Crippen LogP) is 8.64. The maximum absolute atomic E-state index is 12.3. The van der Waals surface area contributed by atoms with Crippen molar-refractivity contribution in [2.75, 3.05) is 38.9 Å². The summed E-state index contributed by atoms with van der Waals surface area (Å²) < 4.78 is 16.2. The second-order valence-electron chi connectivity index (χ2n) is 11.0. The quantitative estimate of drug-likeness (QED) is 0.0649. The summed E-state index contributed by atoms with van der Waals surface area (Å²) in [5, 5.41) is 20.5. The molecule has 43 heavy (non-hydrogen) atoms. The van der Waals surface area contributed by atoms with Crippen molar-refractivity contribution in [3.05, 3.63) is 42.5 Å². The Hall–Kier alpha value is -3.43. The van der Waals surface area contributed by atoms with Crippen LogP contribution in [0.5, 0.6) is 11.5 Å². The van der Waals surface area contributed by atoms with Gasteiger partial charge in [0.05, 0.1) is 25.5 Å². The first-order valence-corrected chi connectivity index (χ1v) is 15.8. The molecule has 0 saturated heterocycles. The van der Waals surface area contributed by atoms with Crippen molar-refractivity contribution in [2.45, 2.75) is 90.1 Å². The lowest BCUT2D eigenvalue weighted by Crippen LogP contribution is -2.26. The number of aromatic nitrogens is 1. The lowest BCUT2D eigenvalue weighted by Gasteiger charge is -2.18. The van der Waals surface area contributed by atoms with Gasteiger partial charge in [0.25, 0.3) is 0 Å². The highest BCUT2D eigenvalue weighted by atomic mass is 16.5. The van der Waals surface area contributed by atoms with Crippen molar-refractivity contribution >= 4 is 34.5 Å². The molecule has 0 aliphatic heterocycles. The molecule has 1 atom stereocenters. The van der Waals surface area contributed by atoms with E-state index in [0.717, 1.165) is 42.3 Å². The van der Waals surface area contributed by atoms with Crippen molar-refractivity contribution in [2.24, 2.45) is 10.2 Å². The van der Waals surface area contributed by atoms with E-state index in [2.05, 4.69) is 22.1 Å². The fourth-order valence-electron chi connectivity index (χ4n) is 5.06. The molecule has 0 bridgehead atoms. The van der Waals surface area contributed by atoms with Gasteiger partial charge in [-0.05, 0) is 55.3 Å². The van der Waals surface area contributed by atoms with Crippen LogP contribution in [0, 0.1) is 0 Å². The second-order valence-corrected chi connectivity index (χ2v) is 11.0. The van der Waals surface area contributed by atoms with Crippen LogP contribution in [0.3, 0.4) is 0 Å². The number of nitrogens with zero attached hydrogens (tertiary/aromatic N) is 3. The number of nitrogens with one attached hydrogen (secondary N) is 1. The first kappa shape index (κ1) is 34.1. The molecule has 0 radical (unpaired) electrons. The van der Waals surface area contributed by atoms with Gasteiger partial charge in [0.2, 0.25) is 6.41 Å². The molecule has 9 heteroatoms. The Morgan fingerprint density at radius 1 is 0.860 bits per heavy atom. The number of hydrogen-bond acceptors (Lipinski definition) is 7. The van der Waals surface area contributed by atoms with E-state index in [4.69, 9.17) is 14.2 Å². The number of hydrogen-bond donors (Lipinski definition) is 2. The first-order chi connectivity index (χ1) is 21.1. The number of aliphatic hydroxyl groups is 1. The molecular formula is C34H50N4O5. The standard InChI is InChI=1S/C34H50N4O5/c1-4-5-6-7-8-9-10-11-12-13-14-28(40)21-22-38(26-39)34-33(37-36-27-15-17-29(42-3)18-16-27)31-25-30(43-24-23-41-2)19-20-32(31)35-34/h15-20,25-26,28,35,40H,4-14,21-24H2,1-3H3. The molecular weight excluding hydrogens is 544 g/mol. The Kier molecular flexibility index (Phi) is 15.6. The molecule has 2 aromatic carbocycles. The smallest absolute Gasteiger partial charge is 0.215 e. The Bertz CT molecular complexity index is 1230. The fraction of sp³-hybridized carbons (Fsp3) is 0.559. The monoisotopic (exact) mass is 594 g/mol. The van der Waals surface area contributed by atoms with E-state index in [-0.39, 0.29) is 0 Å². The number of azo groups is 1. The largest absolute Gasteiger partial charge is 0.497 e. The lowest BCUT2D eigenvalue weighted by molar-refractivity contribution is -0.107. The minimum absolute atomic E-state index is 0.359. The van der Waals surface area contributed by atoms with E-state index in [1.165, 1.54) is 51.4 Å². The summed E-state index contributed by atoms with van der Waals surface area (Å²) >= 11 is 0. The van der Waals surface area contributed by atoms with E-state index >= 15 is 0 Å². The maximum Gasteiger partial charge on any atom is 0.215 e. The SMILES string of the molecule is CCCCCCCCCCCCC(O)CCN(C=O)c1[nH]c2ccc(OCCOC)cc2c1N=Nc1ccc(OC)cc1. The van der Waals surface area contributed by atoms with E-state index in [1.54, 1.807) is 19.1 Å². The number of amides is 1. The third kappa shape index (κ3) is 11.6. The van der Waals surface area contributed by atoms with Gasteiger partial charge >= 0.3 is 0 Å². The molecule has 0 saturated carbocycles. The van der Waals surface area contributed by atoms with Crippen molar-refractivity contribution in [3.8, 4) is 11.5 Å². The molecule has 0 aliphatic rings. The van der Waals surface area contributed by atoms with Crippen molar-refractivity contribution in [1.29, 1.82) is 0 Å². The molecule has 3 aromatic rings. The van der Waals surface area contributed by atoms with Gasteiger partial charge in [-0.25, -0.2) is 0 Å². The molecule has 0 aliphatic carbocycles. The van der Waals surface area contributed by atoms with E-state index in [0.29, 0.717) is 49.1 Å². The minimum Gasteiger partial charge on any atom is -0.497 e. The normalized spacial score (nSPS) is 12.2. The first-order valence-electron chi connectivity index (χ1n) is 15.8. The summed E-state index contributed by atoms with van der Waals surface area (Å²) in [6.07, 6.45) is 14.1. The number of rotatable bonds is 23. The topological polar surface area (TPSA) is 109 Å². The van der Waals surface area contributed by atoms with Crippen LogP contribution in [0.1, 0.15) is 84.0 Å². The number of methoxy groups -OCH3 is 2. The van der Waals surface area contributed by atoms with Crippen LogP contribution in [-0.4, -0.2) is 56.6 Å². The highest BCUT2D eigenvalue weighted by Crippen LogP contribution is 2.39. The molecule has 1 aromatic heterocycles. The molecule has 236 valence electrons. The third-order valence-corrected chi connectivity index (χ3v) is 7.63. The van der Waals surface area contributed by atoms with Gasteiger partial charge in [-0.1, -0.05) is 71.1 Å². The van der Waals surface area contributed by atoms with Crippen LogP contribution in [0.15, 0.2) is 52.7 Å². The van der Waals surface area contributed by atoms with Crippen LogP contribution in [-0.2, 0) is 9.53 Å². The van der Waals surface area contributed by atoms with Crippen LogP contribution in [0.25, 0.3) is 10.9 Å². The van der Waals surface area contributed by atoms with Crippen molar-refractivity contribution in [3.63, 3.8) is 0 Å². The molecule has 0 spiro atoms. The predicted molar refractivity (Wildman–Crippen MR) is 173 cm³/mol. The van der Waals surface area contributed by atoms with Gasteiger partial charge in [0.1, 0.15) is 29.6 Å². The molecule has 9 nitrogen and oxygen atoms in total. The maximum atomic E-state index is 12.3. The second kappa shape index (κ2) is 19.7. The summed E-state index contributed by atoms with van der Waals surface area (Å²) in [5.74, 6) is 1.93. The summed E-state index contributed by atoms with van der Waals surface area (Å²) in [7, 11) is 3.24. The van der Waals surface area contributed by atoms with Gasteiger partial charge in [-0.3, -0.25) is 9.69 Å². The average Bonchev–Trinajstić information content (AvgIpc) is 3.39. The Labute approximate surface area is 256 Å². The lowest BCUT2D eigenvalue weighted by atomic mass is 10.0. The number of carbonyl (C=O) groups is 1. The molecule has 0 fully saturated rings. The molecule has 3 rings (SSSR count). The summed E-state index contributed by atoms with van der Waals surface area (Å²) in [6.45, 7) is 3.50. The zero-order chi connectivity index (χ0) is 30.7. The number of carbonyl (C=O) groups excluding carboxylic acids is 1. The Balaban J connectivity index is 1.63. The number of benzene rings is 2.